The van der Waals surface area contributed by atoms with Crippen LogP contribution >= 0.6 is 0 Å². The molecule has 0 amide bonds. The van der Waals surface area contributed by atoms with E-state index in [4.69, 9.17) is 0 Å². The van der Waals surface area contributed by atoms with Crippen molar-refractivity contribution in [1.82, 2.24) is 0 Å². The summed E-state index contributed by atoms with van der Waals surface area (Å²) in [6.45, 7) is 4.54. The number of hydrogen-bond donors (Lipinski definition) is 0. The summed E-state index contributed by atoms with van der Waals surface area (Å²) < 4.78 is 34.2. The smallest absolute Gasteiger partial charge is 0.237 e. The Balaban J connectivity index is 3.55. The lowest BCUT2D eigenvalue weighted by molar-refractivity contribution is 0.475. The van der Waals surface area contributed by atoms with E-state index in [0.29, 0.717) is 0 Å². The van der Waals surface area contributed by atoms with Gasteiger partial charge in [-0.2, -0.15) is 0 Å². The van der Waals surface area contributed by atoms with E-state index in [1.54, 1.807) is 0 Å². The molecular formula is C4H7F3Si. The predicted octanol–water partition coefficient (Wildman–Crippen LogP) is 2.41. The maximum atomic E-state index is 11.4. The second kappa shape index (κ2) is 2.35. The topological polar surface area (TPSA) is 0 Å². The summed E-state index contributed by atoms with van der Waals surface area (Å²) in [5, 5.41) is 0. The van der Waals surface area contributed by atoms with Gasteiger partial charge in [-0.05, 0) is 6.92 Å². The van der Waals surface area contributed by atoms with E-state index in [9.17, 15) is 12.3 Å². The molecule has 0 unspecified atom stereocenters. The molecule has 0 aliphatic rings. The average Bonchev–Trinajstić information content (AvgIpc) is 1.21. The third-order valence-electron chi connectivity index (χ3n) is 0.502. The first kappa shape index (κ1) is 7.75. The molecule has 48 valence electrons. The van der Waals surface area contributed by atoms with Crippen molar-refractivity contribution in [2.45, 2.75) is 13.0 Å². The molecule has 0 aromatic carbocycles. The van der Waals surface area contributed by atoms with Crippen LogP contribution in [0.1, 0.15) is 6.92 Å². The Morgan fingerprint density at radius 3 is 1.88 bits per heavy atom. The van der Waals surface area contributed by atoms with E-state index in [-0.39, 0.29) is 5.57 Å². The molecule has 0 bridgehead atoms. The molecule has 0 saturated heterocycles. The van der Waals surface area contributed by atoms with Gasteiger partial charge >= 0.3 is 9.08 Å². The first-order valence-corrected chi connectivity index (χ1v) is 3.97. The summed E-state index contributed by atoms with van der Waals surface area (Å²) >= 11 is 0. The Morgan fingerprint density at radius 2 is 1.88 bits per heavy atom. The minimum Gasteiger partial charge on any atom is -0.237 e. The Morgan fingerprint density at radius 1 is 1.50 bits per heavy atom. The average molecular weight is 140 g/mol. The van der Waals surface area contributed by atoms with Gasteiger partial charge in [-0.25, -0.2) is 12.3 Å². The van der Waals surface area contributed by atoms with Crippen LogP contribution < -0.4 is 0 Å². The molecule has 0 aliphatic heterocycles. The minimum atomic E-state index is -5.32. The molecule has 0 aliphatic carbocycles. The lowest BCUT2D eigenvalue weighted by Gasteiger charge is -1.98. The van der Waals surface area contributed by atoms with E-state index < -0.39 is 15.1 Å². The van der Waals surface area contributed by atoms with E-state index in [2.05, 4.69) is 6.58 Å². The number of rotatable bonds is 2. The highest BCUT2D eigenvalue weighted by atomic mass is 28.5. The number of halogens is 3. The van der Waals surface area contributed by atoms with Crippen LogP contribution in [0.3, 0.4) is 0 Å². The van der Waals surface area contributed by atoms with Crippen LogP contribution in [-0.2, 0) is 0 Å². The largest absolute Gasteiger partial charge is 0.620 e. The molecule has 0 radical (unpaired) electrons. The van der Waals surface area contributed by atoms with Gasteiger partial charge in [0.05, 0.1) is 0 Å². The molecule has 0 aromatic heterocycles. The summed E-state index contributed by atoms with van der Waals surface area (Å²) in [5.74, 6) is 0. The summed E-state index contributed by atoms with van der Waals surface area (Å²) in [7, 11) is -5.32. The second-order valence-corrected chi connectivity index (χ2v) is 3.33. The third-order valence-corrected chi connectivity index (χ3v) is 1.51. The molecule has 0 saturated carbocycles. The SMILES string of the molecule is C=C(C)C[Si](F)(F)F. The Kier molecular flexibility index (Phi) is 2.27. The van der Waals surface area contributed by atoms with E-state index >= 15 is 0 Å². The zero-order valence-corrected chi connectivity index (χ0v) is 5.55. The molecule has 4 heteroatoms. The van der Waals surface area contributed by atoms with Gasteiger partial charge in [0.1, 0.15) is 0 Å². The van der Waals surface area contributed by atoms with Crippen molar-refractivity contribution < 1.29 is 12.3 Å². The van der Waals surface area contributed by atoms with Crippen LogP contribution in [0.25, 0.3) is 0 Å². The minimum absolute atomic E-state index is 0.212. The van der Waals surface area contributed by atoms with Crippen LogP contribution in [-0.4, -0.2) is 9.08 Å². The maximum Gasteiger partial charge on any atom is 0.620 e. The second-order valence-electron chi connectivity index (χ2n) is 1.75. The highest BCUT2D eigenvalue weighted by molar-refractivity contribution is 6.59. The molecule has 0 N–H and O–H groups in total. The molecule has 0 rings (SSSR count). The Bertz CT molecular complexity index is 93.9. The quantitative estimate of drug-likeness (QED) is 0.314. The van der Waals surface area contributed by atoms with Gasteiger partial charge in [-0.15, -0.1) is 6.58 Å². The van der Waals surface area contributed by atoms with E-state index in [1.165, 1.54) is 6.92 Å². The highest BCUT2D eigenvalue weighted by Gasteiger charge is 2.35. The molecule has 0 heterocycles. The maximum absolute atomic E-state index is 11.4. The normalized spacial score (nSPS) is 11.5. The molecule has 0 spiro atoms. The van der Waals surface area contributed by atoms with Crippen LogP contribution in [0, 0.1) is 0 Å². The first-order chi connectivity index (χ1) is 3.42. The number of allylic oxidation sites excluding steroid dienone is 1. The summed E-state index contributed by atoms with van der Waals surface area (Å²) in [4.78, 5) is 0. The zero-order valence-electron chi connectivity index (χ0n) is 4.55. The monoisotopic (exact) mass is 140 g/mol. The van der Waals surface area contributed by atoms with E-state index in [1.807, 2.05) is 0 Å². The summed E-state index contributed by atoms with van der Waals surface area (Å²) in [6, 6.07) is -0.729. The van der Waals surface area contributed by atoms with Crippen molar-refractivity contribution in [3.05, 3.63) is 12.2 Å². The molecule has 0 nitrogen and oxygen atoms in total. The molecule has 8 heavy (non-hydrogen) atoms. The highest BCUT2D eigenvalue weighted by Crippen LogP contribution is 2.18. The lowest BCUT2D eigenvalue weighted by Crippen LogP contribution is -2.13. The van der Waals surface area contributed by atoms with Crippen molar-refractivity contribution in [3.8, 4) is 0 Å². The molecular weight excluding hydrogens is 133 g/mol. The van der Waals surface area contributed by atoms with Gasteiger partial charge in [0.25, 0.3) is 0 Å². The van der Waals surface area contributed by atoms with Crippen LogP contribution in [0.2, 0.25) is 6.04 Å². The summed E-state index contributed by atoms with van der Waals surface area (Å²) in [5.41, 5.74) is 0.212. The van der Waals surface area contributed by atoms with Crippen LogP contribution in [0.4, 0.5) is 12.3 Å². The Hall–Kier alpha value is -0.253. The van der Waals surface area contributed by atoms with Gasteiger partial charge in [0.15, 0.2) is 0 Å². The molecule has 0 fully saturated rings. The van der Waals surface area contributed by atoms with Gasteiger partial charge in [-0.1, -0.05) is 5.57 Å². The Labute approximate surface area is 47.5 Å². The van der Waals surface area contributed by atoms with E-state index in [0.717, 1.165) is 0 Å². The lowest BCUT2D eigenvalue weighted by atomic mass is 10.4. The fourth-order valence-corrected chi connectivity index (χ4v) is 1.03. The number of hydrogen-bond acceptors (Lipinski definition) is 0. The van der Waals surface area contributed by atoms with Crippen LogP contribution in [0.5, 0.6) is 0 Å². The first-order valence-electron chi connectivity index (χ1n) is 2.13. The predicted molar refractivity (Wildman–Crippen MR) is 28.7 cm³/mol. The van der Waals surface area contributed by atoms with Crippen molar-refractivity contribution in [2.75, 3.05) is 0 Å². The third kappa shape index (κ3) is 5.75. The van der Waals surface area contributed by atoms with Crippen molar-refractivity contribution in [2.24, 2.45) is 0 Å². The van der Waals surface area contributed by atoms with Gasteiger partial charge in [-0.3, -0.25) is 0 Å². The molecule has 0 aromatic rings. The standard InChI is InChI=1S/C4H7F3Si/c1-4(2)3-8(5,6)7/h1,3H2,2H3. The fraction of sp³-hybridized carbons (Fsp3) is 0.500. The molecule has 0 atom stereocenters. The van der Waals surface area contributed by atoms with Crippen molar-refractivity contribution in [1.29, 1.82) is 0 Å². The van der Waals surface area contributed by atoms with Crippen molar-refractivity contribution >= 4 is 9.08 Å². The van der Waals surface area contributed by atoms with Gasteiger partial charge < -0.3 is 0 Å². The van der Waals surface area contributed by atoms with Crippen LogP contribution in [0.15, 0.2) is 12.2 Å². The van der Waals surface area contributed by atoms with Gasteiger partial charge in [0.2, 0.25) is 0 Å². The fourth-order valence-electron chi connectivity index (χ4n) is 0.342. The van der Waals surface area contributed by atoms with Gasteiger partial charge in [0, 0.05) is 6.04 Å². The summed E-state index contributed by atoms with van der Waals surface area (Å²) in [6.07, 6.45) is 0. The zero-order chi connectivity index (χ0) is 6.78. The van der Waals surface area contributed by atoms with Crippen molar-refractivity contribution in [3.63, 3.8) is 0 Å².